The molecule has 3 rings (SSSR count). The van der Waals surface area contributed by atoms with E-state index in [2.05, 4.69) is 4.72 Å². The van der Waals surface area contributed by atoms with Crippen LogP contribution in [0, 0.1) is 10.1 Å². The Kier molecular flexibility index (Phi) is 4.36. The van der Waals surface area contributed by atoms with Crippen molar-refractivity contribution in [1.82, 2.24) is 0 Å². The summed E-state index contributed by atoms with van der Waals surface area (Å²) in [5.74, 6) is -0.0104. The Bertz CT molecular complexity index is 850. The van der Waals surface area contributed by atoms with E-state index in [0.29, 0.717) is 6.61 Å². The van der Waals surface area contributed by atoms with Crippen molar-refractivity contribution < 1.29 is 22.8 Å². The normalized spacial score (nSPS) is 16.4. The molecular weight excluding hydrogens is 336 g/mol. The molecule has 0 aliphatic carbocycles. The topological polar surface area (TPSA) is 111 Å². The lowest BCUT2D eigenvalue weighted by molar-refractivity contribution is -0.384. The number of epoxide rings is 1. The molecule has 9 heteroatoms. The number of nitro groups is 1. The number of anilines is 1. The van der Waals surface area contributed by atoms with Crippen LogP contribution >= 0.6 is 0 Å². The lowest BCUT2D eigenvalue weighted by Crippen LogP contribution is -2.14. The van der Waals surface area contributed by atoms with Gasteiger partial charge in [-0.25, -0.2) is 8.42 Å². The number of sulfonamides is 1. The number of rotatable bonds is 7. The zero-order valence-corrected chi connectivity index (χ0v) is 13.2. The van der Waals surface area contributed by atoms with E-state index in [9.17, 15) is 18.5 Å². The van der Waals surface area contributed by atoms with E-state index in [1.165, 1.54) is 30.3 Å². The van der Waals surface area contributed by atoms with E-state index in [-0.39, 0.29) is 29.0 Å². The fourth-order valence-electron chi connectivity index (χ4n) is 2.06. The second kappa shape index (κ2) is 6.46. The molecule has 0 saturated carbocycles. The van der Waals surface area contributed by atoms with Gasteiger partial charge in [0.1, 0.15) is 18.4 Å². The lowest BCUT2D eigenvalue weighted by Gasteiger charge is -2.11. The molecule has 1 aliphatic heterocycles. The van der Waals surface area contributed by atoms with Crippen molar-refractivity contribution in [3.63, 3.8) is 0 Å². The smallest absolute Gasteiger partial charge is 0.334 e. The third kappa shape index (κ3) is 3.63. The zero-order valence-electron chi connectivity index (χ0n) is 12.4. The molecule has 126 valence electrons. The Morgan fingerprint density at radius 1 is 1.21 bits per heavy atom. The average molecular weight is 350 g/mol. The molecule has 1 unspecified atom stereocenters. The van der Waals surface area contributed by atoms with Crippen LogP contribution in [0.25, 0.3) is 0 Å². The highest BCUT2D eigenvalue weighted by Crippen LogP contribution is 2.36. The first kappa shape index (κ1) is 16.2. The van der Waals surface area contributed by atoms with Crippen LogP contribution in [0.4, 0.5) is 11.4 Å². The van der Waals surface area contributed by atoms with Gasteiger partial charge >= 0.3 is 5.69 Å². The minimum Gasteiger partial charge on any atom is -0.484 e. The van der Waals surface area contributed by atoms with Gasteiger partial charge in [-0.3, -0.25) is 14.8 Å². The van der Waals surface area contributed by atoms with Gasteiger partial charge in [0.2, 0.25) is 0 Å². The van der Waals surface area contributed by atoms with E-state index in [0.717, 1.165) is 0 Å². The van der Waals surface area contributed by atoms with Crippen molar-refractivity contribution in [1.29, 1.82) is 0 Å². The molecule has 0 radical (unpaired) electrons. The molecule has 1 aliphatic rings. The molecule has 0 spiro atoms. The van der Waals surface area contributed by atoms with E-state index in [1.54, 1.807) is 18.2 Å². The van der Waals surface area contributed by atoms with E-state index in [1.807, 2.05) is 0 Å². The fraction of sp³-hybridized carbons (Fsp3) is 0.200. The summed E-state index contributed by atoms with van der Waals surface area (Å²) in [5, 5.41) is 11.4. The third-order valence-corrected chi connectivity index (χ3v) is 4.69. The van der Waals surface area contributed by atoms with Crippen LogP contribution in [0.1, 0.15) is 0 Å². The first-order valence-electron chi connectivity index (χ1n) is 7.07. The Morgan fingerprint density at radius 3 is 2.54 bits per heavy atom. The Hall–Kier alpha value is -2.65. The van der Waals surface area contributed by atoms with Crippen molar-refractivity contribution >= 4 is 21.4 Å². The van der Waals surface area contributed by atoms with Crippen molar-refractivity contribution in [3.05, 3.63) is 58.6 Å². The van der Waals surface area contributed by atoms with Crippen LogP contribution in [-0.2, 0) is 14.8 Å². The van der Waals surface area contributed by atoms with Crippen LogP contribution in [0.5, 0.6) is 5.75 Å². The molecule has 2 aromatic carbocycles. The molecule has 0 amide bonds. The van der Waals surface area contributed by atoms with E-state index >= 15 is 0 Å². The number of benzene rings is 2. The van der Waals surface area contributed by atoms with Gasteiger partial charge in [0.25, 0.3) is 10.0 Å². The Balaban J connectivity index is 1.92. The predicted molar refractivity (Wildman–Crippen MR) is 85.6 cm³/mol. The maximum Gasteiger partial charge on any atom is 0.334 e. The molecule has 1 atom stereocenters. The Labute approximate surface area is 138 Å². The predicted octanol–water partition coefficient (Wildman–Crippen LogP) is 2.17. The minimum absolute atomic E-state index is 0.0104. The summed E-state index contributed by atoms with van der Waals surface area (Å²) in [7, 11) is -3.94. The molecular formula is C15H14N2O6S. The van der Waals surface area contributed by atoms with Crippen LogP contribution in [-0.4, -0.2) is 32.7 Å². The molecule has 0 aromatic heterocycles. The number of nitrogens with one attached hydrogen (secondary N) is 1. The second-order valence-electron chi connectivity index (χ2n) is 5.09. The largest absolute Gasteiger partial charge is 0.484 e. The van der Waals surface area contributed by atoms with Crippen molar-refractivity contribution in [3.8, 4) is 5.75 Å². The molecule has 1 heterocycles. The summed E-state index contributed by atoms with van der Waals surface area (Å²) in [4.78, 5) is 10.7. The first-order chi connectivity index (χ1) is 11.5. The van der Waals surface area contributed by atoms with E-state index in [4.69, 9.17) is 9.47 Å². The summed E-state index contributed by atoms with van der Waals surface area (Å²) in [6.45, 7) is 0.726. The van der Waals surface area contributed by atoms with Crippen molar-refractivity contribution in [2.75, 3.05) is 17.9 Å². The highest BCUT2D eigenvalue weighted by atomic mass is 32.2. The number of nitro benzene ring substituents is 1. The summed E-state index contributed by atoms with van der Waals surface area (Å²) in [6.07, 6.45) is -0.0747. The van der Waals surface area contributed by atoms with Crippen LogP contribution in [0.3, 0.4) is 0 Å². The molecule has 24 heavy (non-hydrogen) atoms. The first-order valence-corrected chi connectivity index (χ1v) is 8.55. The monoisotopic (exact) mass is 350 g/mol. The lowest BCUT2D eigenvalue weighted by atomic mass is 10.2. The third-order valence-electron chi connectivity index (χ3n) is 3.31. The number of nitrogens with zero attached hydrogens (tertiary/aromatic N) is 1. The summed E-state index contributed by atoms with van der Waals surface area (Å²) < 4.78 is 37.4. The van der Waals surface area contributed by atoms with Gasteiger partial charge in [-0.15, -0.1) is 0 Å². The summed E-state index contributed by atoms with van der Waals surface area (Å²) >= 11 is 0. The number of ether oxygens (including phenoxy) is 2. The van der Waals surface area contributed by atoms with Crippen molar-refractivity contribution in [2.45, 2.75) is 11.0 Å². The van der Waals surface area contributed by atoms with Gasteiger partial charge in [-0.2, -0.15) is 0 Å². The standard InChI is InChI=1S/C15H14N2O6S/c18-17(19)15-13(7-4-8-14(15)23-10-11-9-22-11)16-24(20,21)12-5-2-1-3-6-12/h1-8,11,16H,9-10H2. The minimum atomic E-state index is -3.94. The number of hydrogen-bond acceptors (Lipinski definition) is 6. The summed E-state index contributed by atoms with van der Waals surface area (Å²) in [5.41, 5.74) is -0.587. The number of para-hydroxylation sites is 1. The highest BCUT2D eigenvalue weighted by molar-refractivity contribution is 7.92. The van der Waals surface area contributed by atoms with Gasteiger partial charge in [0.15, 0.2) is 5.75 Å². The van der Waals surface area contributed by atoms with Crippen LogP contribution in [0.15, 0.2) is 53.4 Å². The van der Waals surface area contributed by atoms with Gasteiger partial charge in [0.05, 0.1) is 16.4 Å². The maximum absolute atomic E-state index is 12.4. The quantitative estimate of drug-likeness (QED) is 0.465. The molecule has 2 aromatic rings. The average Bonchev–Trinajstić information content (AvgIpc) is 3.37. The fourth-order valence-corrected chi connectivity index (χ4v) is 3.15. The van der Waals surface area contributed by atoms with Gasteiger partial charge in [-0.1, -0.05) is 24.3 Å². The van der Waals surface area contributed by atoms with Gasteiger partial charge < -0.3 is 9.47 Å². The SMILES string of the molecule is O=[N+]([O-])c1c(NS(=O)(=O)c2ccccc2)cccc1OCC1CO1. The number of hydrogen-bond donors (Lipinski definition) is 1. The highest BCUT2D eigenvalue weighted by Gasteiger charge is 2.28. The van der Waals surface area contributed by atoms with Crippen LogP contribution in [0.2, 0.25) is 0 Å². The van der Waals surface area contributed by atoms with Gasteiger partial charge in [0, 0.05) is 0 Å². The van der Waals surface area contributed by atoms with Crippen molar-refractivity contribution in [2.24, 2.45) is 0 Å². The molecule has 0 bridgehead atoms. The zero-order chi connectivity index (χ0) is 17.2. The Morgan fingerprint density at radius 2 is 1.92 bits per heavy atom. The molecule has 1 N–H and O–H groups in total. The van der Waals surface area contributed by atoms with E-state index < -0.39 is 20.6 Å². The van der Waals surface area contributed by atoms with Gasteiger partial charge in [-0.05, 0) is 24.3 Å². The molecule has 1 saturated heterocycles. The molecule has 8 nitrogen and oxygen atoms in total. The summed E-state index contributed by atoms with van der Waals surface area (Å²) in [6, 6.07) is 11.8. The second-order valence-corrected chi connectivity index (χ2v) is 6.78. The maximum atomic E-state index is 12.4. The molecule has 1 fully saturated rings. The van der Waals surface area contributed by atoms with Crippen LogP contribution < -0.4 is 9.46 Å².